The number of carbonyl (C=O) groups excluding carboxylic acids is 1. The third kappa shape index (κ3) is 6.34. The smallest absolute Gasteiger partial charge is 0.338 e. The zero-order chi connectivity index (χ0) is 27.5. The number of amidine groups is 1. The number of rotatable bonds is 11. The minimum atomic E-state index is -1.21. The van der Waals surface area contributed by atoms with Crippen molar-refractivity contribution < 1.29 is 33.0 Å². The lowest BCUT2D eigenvalue weighted by Gasteiger charge is -2.30. The molecule has 2 unspecified atom stereocenters. The van der Waals surface area contributed by atoms with E-state index in [9.17, 15) is 18.4 Å². The molecule has 2 aliphatic heterocycles. The second-order valence-corrected chi connectivity index (χ2v) is 10.8. The molecular weight excluding hydrogens is 530 g/mol. The molecule has 208 valence electrons. The summed E-state index contributed by atoms with van der Waals surface area (Å²) in [4.78, 5) is 35.3. The molecule has 1 aromatic carbocycles. The van der Waals surface area contributed by atoms with E-state index in [0.717, 1.165) is 24.0 Å². The summed E-state index contributed by atoms with van der Waals surface area (Å²) < 4.78 is 39.7. The van der Waals surface area contributed by atoms with Gasteiger partial charge in [0.25, 0.3) is 0 Å². The van der Waals surface area contributed by atoms with E-state index in [1.54, 1.807) is 19.2 Å². The fourth-order valence-electron chi connectivity index (χ4n) is 5.11. The van der Waals surface area contributed by atoms with E-state index in [1.807, 2.05) is 10.3 Å². The van der Waals surface area contributed by atoms with Crippen molar-refractivity contribution in [3.05, 3.63) is 63.0 Å². The Labute approximate surface area is 228 Å². The van der Waals surface area contributed by atoms with Crippen LogP contribution in [0.2, 0.25) is 0 Å². The summed E-state index contributed by atoms with van der Waals surface area (Å²) in [6.45, 7) is 1.99. The van der Waals surface area contributed by atoms with Crippen molar-refractivity contribution in [2.75, 3.05) is 39.5 Å². The van der Waals surface area contributed by atoms with Crippen molar-refractivity contribution in [2.24, 2.45) is 10.9 Å². The van der Waals surface area contributed by atoms with Gasteiger partial charge in [-0.2, -0.15) is 0 Å². The molecule has 0 bridgehead atoms. The molecule has 3 atom stereocenters. The third-order valence-corrected chi connectivity index (χ3v) is 7.77. The van der Waals surface area contributed by atoms with E-state index in [-0.39, 0.29) is 38.0 Å². The fraction of sp³-hybridized carbons (Fsp3) is 0.481. The molecular formula is C27H30F2N4O5S. The van der Waals surface area contributed by atoms with Crippen LogP contribution in [0.4, 0.5) is 8.78 Å². The molecule has 39 heavy (non-hydrogen) atoms. The molecule has 1 aromatic heterocycles. The highest BCUT2D eigenvalue weighted by Crippen LogP contribution is 2.46. The molecule has 0 spiro atoms. The first-order valence-corrected chi connectivity index (χ1v) is 13.8. The van der Waals surface area contributed by atoms with Gasteiger partial charge >= 0.3 is 11.9 Å². The van der Waals surface area contributed by atoms with Gasteiger partial charge in [0.05, 0.1) is 18.8 Å². The Hall–Kier alpha value is -3.22. The maximum Gasteiger partial charge on any atom is 0.338 e. The zero-order valence-corrected chi connectivity index (χ0v) is 22.3. The molecule has 2 aromatic rings. The minimum absolute atomic E-state index is 0.0179. The number of nitrogens with one attached hydrogen (secondary N) is 1. The maximum atomic E-state index is 14.9. The average Bonchev–Trinajstić information content (AvgIpc) is 3.48. The van der Waals surface area contributed by atoms with Gasteiger partial charge < -0.3 is 19.9 Å². The highest BCUT2D eigenvalue weighted by Gasteiger charge is 2.39. The van der Waals surface area contributed by atoms with Crippen LogP contribution in [-0.4, -0.2) is 78.4 Å². The monoisotopic (exact) mass is 560 g/mol. The topological polar surface area (TPSA) is 113 Å². The van der Waals surface area contributed by atoms with Crippen LogP contribution in [0.1, 0.15) is 47.9 Å². The first-order chi connectivity index (χ1) is 18.8. The number of aromatic nitrogens is 1. The predicted molar refractivity (Wildman–Crippen MR) is 140 cm³/mol. The van der Waals surface area contributed by atoms with Gasteiger partial charge in [-0.1, -0.05) is 6.07 Å². The van der Waals surface area contributed by atoms with E-state index in [0.29, 0.717) is 28.7 Å². The second-order valence-electron chi connectivity index (χ2n) is 9.88. The van der Waals surface area contributed by atoms with Crippen molar-refractivity contribution in [1.29, 1.82) is 0 Å². The van der Waals surface area contributed by atoms with Crippen LogP contribution in [-0.2, 0) is 19.1 Å². The predicted octanol–water partition coefficient (Wildman–Crippen LogP) is 3.44. The Bertz CT molecular complexity index is 1280. The first-order valence-electron chi connectivity index (χ1n) is 12.9. The second kappa shape index (κ2) is 11.9. The molecule has 2 fully saturated rings. The maximum absolute atomic E-state index is 14.9. The number of thiazole rings is 1. The Balaban J connectivity index is 1.50. The van der Waals surface area contributed by atoms with Crippen LogP contribution < -0.4 is 5.32 Å². The largest absolute Gasteiger partial charge is 0.480 e. The van der Waals surface area contributed by atoms with Gasteiger partial charge in [-0.05, 0) is 48.9 Å². The van der Waals surface area contributed by atoms with E-state index >= 15 is 0 Å². The molecule has 12 heteroatoms. The lowest BCUT2D eigenvalue weighted by molar-refractivity contribution is -0.143. The molecule has 3 heterocycles. The summed E-state index contributed by atoms with van der Waals surface area (Å²) in [5.41, 5.74) is 2.38. The third-order valence-electron chi connectivity index (χ3n) is 6.99. The van der Waals surface area contributed by atoms with Gasteiger partial charge in [-0.3, -0.25) is 9.89 Å². The standard InChI is InChI=1S/C27H30F2N4O5S/c1-2-38-27(36)23-21(12-33-10-16(20(29)11-33)13-37-14-22(34)35)31-25(26-30-7-8-39-26)32-24(23)18-6-5-17(28)9-19(18)15-3-4-15/h5-9,15-16,20,24H,2-4,10-14H2,1H3,(H,31,32)(H,34,35)/t16?,20?,24-/m0/s1. The molecule has 1 saturated carbocycles. The number of nitrogens with zero attached hydrogens (tertiary/aromatic N) is 3. The molecule has 2 N–H and O–H groups in total. The Kier molecular flexibility index (Phi) is 8.34. The van der Waals surface area contributed by atoms with E-state index in [4.69, 9.17) is 19.6 Å². The van der Waals surface area contributed by atoms with Gasteiger partial charge in [0.2, 0.25) is 0 Å². The molecule has 1 saturated heterocycles. The highest BCUT2D eigenvalue weighted by molar-refractivity contribution is 7.11. The van der Waals surface area contributed by atoms with E-state index < -0.39 is 36.7 Å². The number of esters is 1. The van der Waals surface area contributed by atoms with Crippen molar-refractivity contribution >= 4 is 29.1 Å². The summed E-state index contributed by atoms with van der Waals surface area (Å²) in [7, 11) is 0. The number of carbonyl (C=O) groups is 2. The van der Waals surface area contributed by atoms with Gasteiger partial charge in [0.1, 0.15) is 24.6 Å². The SMILES string of the molecule is CCOC(=O)C1=C(CN2CC(F)C(COCC(=O)O)C2)NC(c2nccs2)=N[C@H]1c1ccc(F)cc1C1CC1. The number of aliphatic imine (C=N–C) groups is 1. The minimum Gasteiger partial charge on any atom is -0.480 e. The lowest BCUT2D eigenvalue weighted by atomic mass is 9.90. The van der Waals surface area contributed by atoms with Gasteiger partial charge in [0, 0.05) is 42.8 Å². The average molecular weight is 561 g/mol. The number of halogens is 2. The van der Waals surface area contributed by atoms with Crippen LogP contribution in [0.3, 0.4) is 0 Å². The Morgan fingerprint density at radius 3 is 2.77 bits per heavy atom. The first kappa shape index (κ1) is 27.4. The van der Waals surface area contributed by atoms with Gasteiger partial charge in [-0.25, -0.2) is 23.4 Å². The van der Waals surface area contributed by atoms with E-state index in [2.05, 4.69) is 10.3 Å². The zero-order valence-electron chi connectivity index (χ0n) is 21.4. The van der Waals surface area contributed by atoms with Crippen LogP contribution in [0.5, 0.6) is 0 Å². The summed E-state index contributed by atoms with van der Waals surface area (Å²) in [5, 5.41) is 14.5. The molecule has 0 radical (unpaired) electrons. The molecule has 5 rings (SSSR count). The van der Waals surface area contributed by atoms with Crippen LogP contribution in [0.15, 0.2) is 46.0 Å². The fourth-order valence-corrected chi connectivity index (χ4v) is 5.70. The van der Waals surface area contributed by atoms with Gasteiger partial charge in [-0.15, -0.1) is 11.3 Å². The number of likely N-dealkylation sites (tertiary alicyclic amines) is 1. The normalized spacial score (nSPS) is 23.5. The van der Waals surface area contributed by atoms with Crippen LogP contribution in [0, 0.1) is 11.7 Å². The van der Waals surface area contributed by atoms with Crippen molar-refractivity contribution in [2.45, 2.75) is 37.9 Å². The Morgan fingerprint density at radius 1 is 1.26 bits per heavy atom. The number of benzene rings is 1. The van der Waals surface area contributed by atoms with Crippen LogP contribution >= 0.6 is 11.3 Å². The number of carboxylic acid groups (broad SMARTS) is 1. The van der Waals surface area contributed by atoms with Crippen molar-refractivity contribution in [3.63, 3.8) is 0 Å². The highest BCUT2D eigenvalue weighted by atomic mass is 32.1. The lowest BCUT2D eigenvalue weighted by Crippen LogP contribution is -2.39. The Morgan fingerprint density at radius 2 is 2.08 bits per heavy atom. The van der Waals surface area contributed by atoms with Gasteiger partial charge in [0.15, 0.2) is 10.8 Å². The molecule has 1 aliphatic carbocycles. The summed E-state index contributed by atoms with van der Waals surface area (Å²) >= 11 is 1.39. The quantitative estimate of drug-likeness (QED) is 0.402. The van der Waals surface area contributed by atoms with Crippen molar-refractivity contribution in [3.8, 4) is 0 Å². The number of carboxylic acids is 1. The molecule has 0 amide bonds. The number of hydrogen-bond donors (Lipinski definition) is 2. The van der Waals surface area contributed by atoms with Crippen LogP contribution in [0.25, 0.3) is 0 Å². The summed E-state index contributed by atoms with van der Waals surface area (Å²) in [6.07, 6.45) is 2.32. The number of hydrogen-bond acceptors (Lipinski definition) is 9. The van der Waals surface area contributed by atoms with Crippen molar-refractivity contribution in [1.82, 2.24) is 15.2 Å². The number of aliphatic carboxylic acids is 1. The molecule has 9 nitrogen and oxygen atoms in total. The molecule has 3 aliphatic rings. The summed E-state index contributed by atoms with van der Waals surface area (Å²) in [5.74, 6) is -1.82. The number of alkyl halides is 1. The number of ether oxygens (including phenoxy) is 2. The van der Waals surface area contributed by atoms with E-state index in [1.165, 1.54) is 23.5 Å². The summed E-state index contributed by atoms with van der Waals surface area (Å²) in [6, 6.07) is 3.82.